The van der Waals surface area contributed by atoms with Crippen molar-refractivity contribution >= 4 is 40.3 Å². The molecule has 0 spiro atoms. The van der Waals surface area contributed by atoms with E-state index in [4.69, 9.17) is 5.73 Å². The summed E-state index contributed by atoms with van der Waals surface area (Å²) in [6.07, 6.45) is 6.71. The SMILES string of the molecule is CC.CCCCCC.CCCN1CCSc2cc(N=C(N)c3cccs3)ccc21. The van der Waals surface area contributed by atoms with Gasteiger partial charge in [-0.15, -0.1) is 23.1 Å². The first-order valence-electron chi connectivity index (χ1n) is 11.1. The predicted octanol–water partition coefficient (Wildman–Crippen LogP) is 7.72. The number of rotatable bonds is 7. The summed E-state index contributed by atoms with van der Waals surface area (Å²) in [7, 11) is 0. The predicted molar refractivity (Wildman–Crippen MR) is 136 cm³/mol. The molecule has 1 aromatic carbocycles. The van der Waals surface area contributed by atoms with Crippen molar-refractivity contribution in [1.29, 1.82) is 0 Å². The Hall–Kier alpha value is -1.46. The fourth-order valence-electron chi connectivity index (χ4n) is 2.96. The van der Waals surface area contributed by atoms with E-state index in [1.807, 2.05) is 43.1 Å². The summed E-state index contributed by atoms with van der Waals surface area (Å²) in [5.41, 5.74) is 8.34. The minimum atomic E-state index is 0.594. The van der Waals surface area contributed by atoms with E-state index in [0.717, 1.165) is 29.4 Å². The van der Waals surface area contributed by atoms with Gasteiger partial charge in [-0.25, -0.2) is 4.99 Å². The molecule has 2 N–H and O–H groups in total. The third-order valence-corrected chi connectivity index (χ3v) is 6.29. The van der Waals surface area contributed by atoms with Crippen LogP contribution in [0.4, 0.5) is 11.4 Å². The molecule has 0 saturated heterocycles. The minimum absolute atomic E-state index is 0.594. The Balaban J connectivity index is 0.000000454. The van der Waals surface area contributed by atoms with Crippen LogP contribution in [-0.4, -0.2) is 24.7 Å². The second kappa shape index (κ2) is 15.4. The molecule has 1 aromatic heterocycles. The van der Waals surface area contributed by atoms with Crippen molar-refractivity contribution in [3.05, 3.63) is 40.6 Å². The average Bonchev–Trinajstić information content (AvgIpc) is 3.30. The van der Waals surface area contributed by atoms with Crippen LogP contribution < -0.4 is 10.6 Å². The van der Waals surface area contributed by atoms with Crippen LogP contribution >= 0.6 is 23.1 Å². The third-order valence-electron chi connectivity index (χ3n) is 4.38. The fraction of sp³-hybridized carbons (Fsp3) is 0.542. The Bertz CT molecular complexity index is 692. The molecule has 0 aliphatic carbocycles. The standard InChI is InChI=1S/C16H19N3S2.C6H14.C2H6/c1-2-7-19-8-10-21-15-11-12(5-6-13(15)19)18-16(17)14-4-3-9-20-14;1-3-5-6-4-2;1-2/h3-6,9,11H,2,7-8,10H2,1H3,(H2,17,18);3-6H2,1-2H3;1-2H3. The van der Waals surface area contributed by atoms with E-state index in [2.05, 4.69) is 48.9 Å². The molecule has 0 radical (unpaired) electrons. The number of nitrogens with two attached hydrogens (primary N) is 1. The quantitative estimate of drug-likeness (QED) is 0.276. The minimum Gasteiger partial charge on any atom is -0.383 e. The van der Waals surface area contributed by atoms with Crippen LogP contribution in [0.5, 0.6) is 0 Å². The Morgan fingerprint density at radius 3 is 2.38 bits per heavy atom. The number of benzene rings is 1. The highest BCUT2D eigenvalue weighted by molar-refractivity contribution is 7.99. The second-order valence-corrected chi connectivity index (χ2v) is 8.75. The number of amidine groups is 1. The van der Waals surface area contributed by atoms with E-state index in [9.17, 15) is 0 Å². The molecule has 0 saturated carbocycles. The van der Waals surface area contributed by atoms with Crippen LogP contribution in [0.15, 0.2) is 45.6 Å². The van der Waals surface area contributed by atoms with Gasteiger partial charge in [0.15, 0.2) is 0 Å². The molecule has 3 rings (SSSR count). The number of hydrogen-bond donors (Lipinski definition) is 1. The number of nitrogens with zero attached hydrogens (tertiary/aromatic N) is 2. The van der Waals surface area contributed by atoms with E-state index < -0.39 is 0 Å². The molecule has 0 fully saturated rings. The lowest BCUT2D eigenvalue weighted by Gasteiger charge is -2.30. The molecule has 162 valence electrons. The second-order valence-electron chi connectivity index (χ2n) is 6.67. The molecule has 0 atom stereocenters. The Morgan fingerprint density at radius 2 is 1.79 bits per heavy atom. The van der Waals surface area contributed by atoms with Gasteiger partial charge in [-0.1, -0.05) is 66.4 Å². The van der Waals surface area contributed by atoms with Gasteiger partial charge in [-0.2, -0.15) is 0 Å². The first-order valence-corrected chi connectivity index (χ1v) is 13.0. The fourth-order valence-corrected chi connectivity index (χ4v) is 4.66. The summed E-state index contributed by atoms with van der Waals surface area (Å²) >= 11 is 3.52. The van der Waals surface area contributed by atoms with Crippen molar-refractivity contribution in [2.24, 2.45) is 10.7 Å². The lowest BCUT2D eigenvalue weighted by atomic mass is 10.2. The maximum atomic E-state index is 6.07. The van der Waals surface area contributed by atoms with Crippen molar-refractivity contribution in [2.45, 2.75) is 71.6 Å². The highest BCUT2D eigenvalue weighted by atomic mass is 32.2. The van der Waals surface area contributed by atoms with Gasteiger partial charge in [0.05, 0.1) is 16.3 Å². The maximum Gasteiger partial charge on any atom is 0.141 e. The molecule has 1 aliphatic rings. The molecule has 29 heavy (non-hydrogen) atoms. The van der Waals surface area contributed by atoms with Crippen molar-refractivity contribution in [3.63, 3.8) is 0 Å². The first kappa shape index (κ1) is 25.6. The lowest BCUT2D eigenvalue weighted by Crippen LogP contribution is -2.29. The smallest absolute Gasteiger partial charge is 0.141 e. The molecule has 2 heterocycles. The molecule has 0 unspecified atom stereocenters. The zero-order valence-corrected chi connectivity index (χ0v) is 20.5. The summed E-state index contributed by atoms with van der Waals surface area (Å²) in [5.74, 6) is 1.73. The molecular weight excluding hydrogens is 394 g/mol. The first-order chi connectivity index (χ1) is 14.2. The van der Waals surface area contributed by atoms with Gasteiger partial charge < -0.3 is 10.6 Å². The van der Waals surface area contributed by atoms with Crippen molar-refractivity contribution in [3.8, 4) is 0 Å². The summed E-state index contributed by atoms with van der Waals surface area (Å²) in [5, 5.41) is 2.02. The summed E-state index contributed by atoms with van der Waals surface area (Å²) in [6.45, 7) is 12.9. The van der Waals surface area contributed by atoms with Gasteiger partial charge in [0.1, 0.15) is 5.84 Å². The number of unbranched alkanes of at least 4 members (excludes halogenated alkanes) is 3. The molecule has 3 nitrogen and oxygen atoms in total. The highest BCUT2D eigenvalue weighted by Crippen LogP contribution is 2.37. The Kier molecular flexibility index (Phi) is 13.6. The van der Waals surface area contributed by atoms with Gasteiger partial charge in [0.25, 0.3) is 0 Å². The normalized spacial score (nSPS) is 13.0. The number of fused-ring (bicyclic) bond motifs is 1. The lowest BCUT2D eigenvalue weighted by molar-refractivity contribution is 0.702. The largest absolute Gasteiger partial charge is 0.383 e. The topological polar surface area (TPSA) is 41.6 Å². The van der Waals surface area contributed by atoms with Gasteiger partial charge in [0, 0.05) is 23.7 Å². The number of thiophene rings is 1. The molecular formula is C24H39N3S2. The van der Waals surface area contributed by atoms with Gasteiger partial charge in [0.2, 0.25) is 0 Å². The molecule has 0 bridgehead atoms. The molecule has 0 amide bonds. The number of thioether (sulfide) groups is 1. The van der Waals surface area contributed by atoms with Gasteiger partial charge in [-0.3, -0.25) is 0 Å². The van der Waals surface area contributed by atoms with Crippen LogP contribution in [0.2, 0.25) is 0 Å². The summed E-state index contributed by atoms with van der Waals surface area (Å²) in [6, 6.07) is 10.4. The molecule has 5 heteroatoms. The number of aliphatic imine (C=N–C) groups is 1. The van der Waals surface area contributed by atoms with Crippen molar-refractivity contribution < 1.29 is 0 Å². The van der Waals surface area contributed by atoms with Crippen LogP contribution in [-0.2, 0) is 0 Å². The van der Waals surface area contributed by atoms with E-state index in [-0.39, 0.29) is 0 Å². The maximum absolute atomic E-state index is 6.07. The summed E-state index contributed by atoms with van der Waals surface area (Å²) in [4.78, 5) is 9.35. The van der Waals surface area contributed by atoms with Gasteiger partial charge >= 0.3 is 0 Å². The Labute approximate surface area is 186 Å². The highest BCUT2D eigenvalue weighted by Gasteiger charge is 2.16. The molecule has 2 aromatic rings. The monoisotopic (exact) mass is 433 g/mol. The molecule has 1 aliphatic heterocycles. The zero-order valence-electron chi connectivity index (χ0n) is 18.9. The van der Waals surface area contributed by atoms with E-state index in [0.29, 0.717) is 5.84 Å². The zero-order chi connectivity index (χ0) is 21.5. The summed E-state index contributed by atoms with van der Waals surface area (Å²) < 4.78 is 0. The van der Waals surface area contributed by atoms with Crippen LogP contribution in [0.3, 0.4) is 0 Å². The third kappa shape index (κ3) is 8.83. The Morgan fingerprint density at radius 1 is 1.07 bits per heavy atom. The van der Waals surface area contributed by atoms with Crippen LogP contribution in [0, 0.1) is 0 Å². The van der Waals surface area contributed by atoms with Crippen molar-refractivity contribution in [1.82, 2.24) is 0 Å². The van der Waals surface area contributed by atoms with Gasteiger partial charge in [-0.05, 0) is 36.1 Å². The van der Waals surface area contributed by atoms with Crippen LogP contribution in [0.1, 0.15) is 71.6 Å². The number of hydrogen-bond acceptors (Lipinski definition) is 4. The van der Waals surface area contributed by atoms with Crippen molar-refractivity contribution in [2.75, 3.05) is 23.7 Å². The van der Waals surface area contributed by atoms with E-state index in [1.54, 1.807) is 11.3 Å². The van der Waals surface area contributed by atoms with Crippen LogP contribution in [0.25, 0.3) is 0 Å². The average molecular weight is 434 g/mol. The van der Waals surface area contributed by atoms with E-state index in [1.165, 1.54) is 42.7 Å². The number of anilines is 1. The van der Waals surface area contributed by atoms with E-state index >= 15 is 0 Å².